The van der Waals surface area contributed by atoms with Crippen molar-refractivity contribution in [2.45, 2.75) is 18.9 Å². The molecular weight excluding hydrogens is 274 g/mol. The molecule has 6 heteroatoms. The van der Waals surface area contributed by atoms with E-state index in [0.717, 1.165) is 12.1 Å². The normalized spacial score (nSPS) is 22.7. The second kappa shape index (κ2) is 5.87. The summed E-state index contributed by atoms with van der Waals surface area (Å²) in [4.78, 5) is 14.2. The molecular formula is C14H19N3O2S. The van der Waals surface area contributed by atoms with Gasteiger partial charge in [0.25, 0.3) is 0 Å². The molecule has 1 atom stereocenters. The fourth-order valence-electron chi connectivity index (χ4n) is 2.33. The Kier molecular flexibility index (Phi) is 4.37. The van der Waals surface area contributed by atoms with Crippen LogP contribution in [0.2, 0.25) is 0 Å². The maximum Gasteiger partial charge on any atom is 0.238 e. The first-order valence-corrected chi connectivity index (χ1v) is 6.91. The molecule has 1 saturated heterocycles. The Morgan fingerprint density at radius 3 is 2.95 bits per heavy atom. The maximum absolute atomic E-state index is 12.0. The van der Waals surface area contributed by atoms with Crippen molar-refractivity contribution < 1.29 is 9.90 Å². The van der Waals surface area contributed by atoms with E-state index in [1.54, 1.807) is 31.2 Å². The Labute approximate surface area is 123 Å². The first kappa shape index (κ1) is 14.9. The van der Waals surface area contributed by atoms with Crippen LogP contribution in [0.3, 0.4) is 0 Å². The lowest BCUT2D eigenvalue weighted by Crippen LogP contribution is -2.35. The summed E-state index contributed by atoms with van der Waals surface area (Å²) in [5.41, 5.74) is 6.27. The molecule has 1 aliphatic rings. The van der Waals surface area contributed by atoms with Crippen LogP contribution in [0.15, 0.2) is 24.3 Å². The molecule has 0 aromatic heterocycles. The van der Waals surface area contributed by atoms with Crippen LogP contribution in [0.25, 0.3) is 0 Å². The molecule has 1 unspecified atom stereocenters. The zero-order valence-corrected chi connectivity index (χ0v) is 12.2. The molecule has 1 fully saturated rings. The number of rotatable bonds is 4. The quantitative estimate of drug-likeness (QED) is 0.713. The lowest BCUT2D eigenvalue weighted by Gasteiger charge is -2.18. The summed E-state index contributed by atoms with van der Waals surface area (Å²) in [6.07, 6.45) is 0.692. The highest BCUT2D eigenvalue weighted by molar-refractivity contribution is 7.80. The molecule has 0 bridgehead atoms. The van der Waals surface area contributed by atoms with E-state index in [0.29, 0.717) is 23.6 Å². The van der Waals surface area contributed by atoms with Gasteiger partial charge in [-0.2, -0.15) is 0 Å². The molecule has 1 aliphatic heterocycles. The van der Waals surface area contributed by atoms with Gasteiger partial charge in [0.1, 0.15) is 4.99 Å². The zero-order valence-electron chi connectivity index (χ0n) is 11.4. The highest BCUT2D eigenvalue weighted by Crippen LogP contribution is 2.19. The minimum atomic E-state index is -0.689. The van der Waals surface area contributed by atoms with Crippen molar-refractivity contribution in [3.05, 3.63) is 29.8 Å². The van der Waals surface area contributed by atoms with E-state index in [9.17, 15) is 9.90 Å². The Morgan fingerprint density at radius 2 is 2.35 bits per heavy atom. The summed E-state index contributed by atoms with van der Waals surface area (Å²) in [5.74, 6) is -0.109. The van der Waals surface area contributed by atoms with E-state index in [2.05, 4.69) is 5.32 Å². The van der Waals surface area contributed by atoms with Gasteiger partial charge < -0.3 is 16.2 Å². The van der Waals surface area contributed by atoms with Gasteiger partial charge in [0.15, 0.2) is 0 Å². The van der Waals surface area contributed by atoms with Crippen LogP contribution in [0.1, 0.15) is 18.9 Å². The predicted octanol–water partition coefficient (Wildman–Crippen LogP) is 0.716. The number of benzene rings is 1. The number of nitrogens with two attached hydrogens (primary N) is 1. The molecule has 5 nitrogen and oxygen atoms in total. The molecule has 2 rings (SSSR count). The maximum atomic E-state index is 12.0. The number of carbonyl (C=O) groups excluding carboxylic acids is 1. The summed E-state index contributed by atoms with van der Waals surface area (Å²) in [6.45, 7) is 3.31. The minimum absolute atomic E-state index is 0.109. The van der Waals surface area contributed by atoms with Gasteiger partial charge in [-0.25, -0.2) is 0 Å². The number of anilines is 1. The monoisotopic (exact) mass is 293 g/mol. The first-order chi connectivity index (χ1) is 9.35. The summed E-state index contributed by atoms with van der Waals surface area (Å²) in [6, 6.07) is 7.14. The van der Waals surface area contributed by atoms with E-state index >= 15 is 0 Å². The molecule has 1 aromatic carbocycles. The fourth-order valence-corrected chi connectivity index (χ4v) is 2.45. The zero-order chi connectivity index (χ0) is 14.8. The Bertz CT molecular complexity index is 531. The molecule has 0 aliphatic carbocycles. The number of aliphatic hydroxyl groups is 1. The van der Waals surface area contributed by atoms with Crippen molar-refractivity contribution >= 4 is 28.8 Å². The predicted molar refractivity (Wildman–Crippen MR) is 82.6 cm³/mol. The highest BCUT2D eigenvalue weighted by Gasteiger charge is 2.31. The molecule has 20 heavy (non-hydrogen) atoms. The number of nitrogens with one attached hydrogen (secondary N) is 1. The van der Waals surface area contributed by atoms with Crippen molar-refractivity contribution in [3.8, 4) is 0 Å². The largest absolute Gasteiger partial charge is 0.389 e. The van der Waals surface area contributed by atoms with Crippen LogP contribution in [0.4, 0.5) is 5.69 Å². The van der Waals surface area contributed by atoms with Crippen molar-refractivity contribution in [1.82, 2.24) is 4.90 Å². The summed E-state index contributed by atoms with van der Waals surface area (Å²) in [5, 5.41) is 12.7. The van der Waals surface area contributed by atoms with E-state index in [1.807, 2.05) is 4.90 Å². The number of carbonyl (C=O) groups is 1. The van der Waals surface area contributed by atoms with Crippen LogP contribution in [0, 0.1) is 0 Å². The average Bonchev–Trinajstić information content (AvgIpc) is 2.68. The highest BCUT2D eigenvalue weighted by atomic mass is 32.1. The van der Waals surface area contributed by atoms with Crippen molar-refractivity contribution in [3.63, 3.8) is 0 Å². The number of thiocarbonyl (C=S) groups is 1. The Hall–Kier alpha value is -1.50. The first-order valence-electron chi connectivity index (χ1n) is 6.50. The lowest BCUT2D eigenvalue weighted by molar-refractivity contribution is -0.117. The van der Waals surface area contributed by atoms with E-state index in [1.165, 1.54) is 0 Å². The second-order valence-electron chi connectivity index (χ2n) is 5.45. The Morgan fingerprint density at radius 1 is 1.60 bits per heavy atom. The third-order valence-electron chi connectivity index (χ3n) is 3.33. The SMILES string of the molecule is CC1(O)CCN(CC(=O)Nc2cccc(C(N)=S)c2)C1. The van der Waals surface area contributed by atoms with Crippen LogP contribution in [0.5, 0.6) is 0 Å². The number of nitrogens with zero attached hydrogens (tertiary/aromatic N) is 1. The fraction of sp³-hybridized carbons (Fsp3) is 0.429. The molecule has 0 spiro atoms. The number of likely N-dealkylation sites (tertiary alicyclic amines) is 1. The number of β-amino-alcohol motifs (C(OH)–C–C–N with tert-alkyl or cyclic N) is 1. The van der Waals surface area contributed by atoms with Gasteiger partial charge in [-0.1, -0.05) is 24.4 Å². The average molecular weight is 293 g/mol. The molecule has 4 N–H and O–H groups in total. The van der Waals surface area contributed by atoms with Gasteiger partial charge in [0.2, 0.25) is 5.91 Å². The summed E-state index contributed by atoms with van der Waals surface area (Å²) in [7, 11) is 0. The van der Waals surface area contributed by atoms with Crippen LogP contribution >= 0.6 is 12.2 Å². The third kappa shape index (κ3) is 4.00. The minimum Gasteiger partial charge on any atom is -0.389 e. The van der Waals surface area contributed by atoms with Gasteiger partial charge in [-0.05, 0) is 25.5 Å². The van der Waals surface area contributed by atoms with Gasteiger partial charge >= 0.3 is 0 Å². The third-order valence-corrected chi connectivity index (χ3v) is 3.56. The van der Waals surface area contributed by atoms with Gasteiger partial charge in [-0.3, -0.25) is 9.69 Å². The van der Waals surface area contributed by atoms with Gasteiger partial charge in [0.05, 0.1) is 12.1 Å². The number of amides is 1. The van der Waals surface area contributed by atoms with E-state index in [4.69, 9.17) is 18.0 Å². The second-order valence-corrected chi connectivity index (χ2v) is 5.89. The number of hydrogen-bond donors (Lipinski definition) is 3. The van der Waals surface area contributed by atoms with Gasteiger partial charge in [0, 0.05) is 24.3 Å². The molecule has 1 heterocycles. The molecule has 108 valence electrons. The standard InChI is InChI=1S/C14H19N3O2S/c1-14(19)5-6-17(9-14)8-12(18)16-11-4-2-3-10(7-11)13(15)20/h2-4,7,19H,5-6,8-9H2,1H3,(H2,15,20)(H,16,18). The number of hydrogen-bond acceptors (Lipinski definition) is 4. The van der Waals surface area contributed by atoms with Crippen molar-refractivity contribution in [2.24, 2.45) is 5.73 Å². The van der Waals surface area contributed by atoms with Crippen molar-refractivity contribution in [2.75, 3.05) is 25.0 Å². The summed E-state index contributed by atoms with van der Waals surface area (Å²) >= 11 is 4.91. The van der Waals surface area contributed by atoms with Crippen LogP contribution < -0.4 is 11.1 Å². The van der Waals surface area contributed by atoms with E-state index < -0.39 is 5.60 Å². The van der Waals surface area contributed by atoms with Crippen LogP contribution in [-0.2, 0) is 4.79 Å². The molecule has 1 aromatic rings. The van der Waals surface area contributed by atoms with Gasteiger partial charge in [-0.15, -0.1) is 0 Å². The van der Waals surface area contributed by atoms with Crippen LogP contribution in [-0.4, -0.2) is 46.1 Å². The Balaban J connectivity index is 1.92. The molecule has 1 amide bonds. The van der Waals surface area contributed by atoms with Crippen molar-refractivity contribution in [1.29, 1.82) is 0 Å². The summed E-state index contributed by atoms with van der Waals surface area (Å²) < 4.78 is 0. The molecule has 0 saturated carbocycles. The van der Waals surface area contributed by atoms with E-state index in [-0.39, 0.29) is 12.5 Å². The smallest absolute Gasteiger partial charge is 0.238 e. The lowest BCUT2D eigenvalue weighted by atomic mass is 10.1. The molecule has 0 radical (unpaired) electrons. The topological polar surface area (TPSA) is 78.6 Å².